The van der Waals surface area contributed by atoms with Crippen LogP contribution in [0.15, 0.2) is 17.3 Å². The summed E-state index contributed by atoms with van der Waals surface area (Å²) >= 11 is 5.59. The number of halogens is 1. The van der Waals surface area contributed by atoms with Gasteiger partial charge in [-0.25, -0.2) is 0 Å². The van der Waals surface area contributed by atoms with Gasteiger partial charge >= 0.3 is 18.9 Å². The zero-order valence-corrected chi connectivity index (χ0v) is 8.17. The van der Waals surface area contributed by atoms with Crippen LogP contribution >= 0.6 is 11.6 Å². The Kier molecular flexibility index (Phi) is 7.84. The van der Waals surface area contributed by atoms with Crippen LogP contribution in [0, 0.1) is 7.43 Å². The molecule has 5 heteroatoms. The molecule has 1 rings (SSSR count). The van der Waals surface area contributed by atoms with Crippen LogP contribution in [0.1, 0.15) is 5.56 Å². The van der Waals surface area contributed by atoms with Gasteiger partial charge in [0.2, 0.25) is 0 Å². The average Bonchev–Trinajstić information content (AvgIpc) is 2.04. The fourth-order valence-corrected chi connectivity index (χ4v) is 0.800. The van der Waals surface area contributed by atoms with Crippen LogP contribution in [-0.2, 0) is 4.79 Å². The molecule has 0 atom stereocenters. The Labute approximate surface area is 94.4 Å². The van der Waals surface area contributed by atoms with Crippen LogP contribution < -0.4 is 18.9 Å². The van der Waals surface area contributed by atoms with Crippen molar-refractivity contribution in [1.82, 2.24) is 4.98 Å². The summed E-state index contributed by atoms with van der Waals surface area (Å²) in [4.78, 5) is 17.2. The van der Waals surface area contributed by atoms with Crippen LogP contribution in [0.5, 0.6) is 0 Å². The first-order valence-corrected chi connectivity index (χ1v) is 3.11. The summed E-state index contributed by atoms with van der Waals surface area (Å²) in [7, 11) is 0. The molecule has 0 amide bonds. The first-order valence-electron chi connectivity index (χ1n) is 2.73. The van der Waals surface area contributed by atoms with E-state index in [-0.39, 0.29) is 42.7 Å². The number of carbonyl (C=O) groups excluding carboxylic acids is 1. The van der Waals surface area contributed by atoms with E-state index >= 15 is 0 Å². The molecule has 0 radical (unpaired) electrons. The molecule has 0 spiro atoms. The van der Waals surface area contributed by atoms with Gasteiger partial charge in [-0.3, -0.25) is 0 Å². The number of hydrogen-bond donors (Lipinski definition) is 0. The third-order valence-electron chi connectivity index (χ3n) is 1.10. The zero-order valence-electron chi connectivity index (χ0n) is 7.41. The van der Waals surface area contributed by atoms with E-state index in [4.69, 9.17) is 18.3 Å². The average molecular weight is 189 g/mol. The molecule has 1 heterocycles. The second kappa shape index (κ2) is 6.85. The summed E-state index contributed by atoms with van der Waals surface area (Å²) in [5.74, 6) is 0.104. The van der Waals surface area contributed by atoms with Gasteiger partial charge in [0.15, 0.2) is 0 Å². The quantitative estimate of drug-likeness (QED) is 0.334. The van der Waals surface area contributed by atoms with Crippen molar-refractivity contribution in [2.45, 2.75) is 0 Å². The molecule has 0 saturated heterocycles. The molecular formula is C8H6ClLiN2O-2. The van der Waals surface area contributed by atoms with Crippen molar-refractivity contribution in [3.8, 4) is 0 Å². The van der Waals surface area contributed by atoms with Crippen molar-refractivity contribution in [1.29, 1.82) is 0 Å². The summed E-state index contributed by atoms with van der Waals surface area (Å²) in [5, 5.41) is 0.249. The number of rotatable bonds is 2. The first-order chi connectivity index (χ1) is 5.29. The van der Waals surface area contributed by atoms with Crippen molar-refractivity contribution < 1.29 is 23.7 Å². The molecule has 0 saturated carbocycles. The van der Waals surface area contributed by atoms with Gasteiger partial charge in [-0.2, -0.15) is 18.3 Å². The smallest absolute Gasteiger partial charge is 0.415 e. The second-order valence-corrected chi connectivity index (χ2v) is 2.13. The third kappa shape index (κ3) is 3.31. The Morgan fingerprint density at radius 3 is 2.62 bits per heavy atom. The predicted octanol–water partition coefficient (Wildman–Crippen LogP) is -1.14. The van der Waals surface area contributed by atoms with E-state index < -0.39 is 0 Å². The van der Waals surface area contributed by atoms with Crippen LogP contribution in [0.3, 0.4) is 0 Å². The Morgan fingerprint density at radius 2 is 2.23 bits per heavy atom. The van der Waals surface area contributed by atoms with Gasteiger partial charge in [-0.05, 0) is 0 Å². The topological polar surface area (TPSA) is 42.3 Å². The maximum atomic E-state index is 10.2. The Morgan fingerprint density at radius 1 is 1.62 bits per heavy atom. The van der Waals surface area contributed by atoms with Crippen molar-refractivity contribution in [2.75, 3.05) is 0 Å². The summed E-state index contributed by atoms with van der Waals surface area (Å²) in [6, 6.07) is 1.47. The van der Waals surface area contributed by atoms with Gasteiger partial charge in [-0.1, -0.05) is 16.7 Å². The van der Waals surface area contributed by atoms with Crippen molar-refractivity contribution in [3.63, 3.8) is 0 Å². The van der Waals surface area contributed by atoms with E-state index in [0.29, 0.717) is 0 Å². The summed E-state index contributed by atoms with van der Waals surface area (Å²) in [5.41, 5.74) is 0.0941. The molecule has 13 heavy (non-hydrogen) atoms. The summed E-state index contributed by atoms with van der Waals surface area (Å²) < 4.78 is 0. The van der Waals surface area contributed by atoms with Crippen LogP contribution in [0.4, 0.5) is 5.82 Å². The monoisotopic (exact) mass is 188 g/mol. The molecule has 1 aromatic rings. The Bertz CT molecular complexity index is 304. The molecule has 0 N–H and O–H groups in total. The SMILES string of the molecule is [CH-]=Nc1nccc(Cl)c1[C-]=O.[CH3-].[Li+]. The third-order valence-corrected chi connectivity index (χ3v) is 1.42. The normalized spacial score (nSPS) is 7.77. The van der Waals surface area contributed by atoms with Crippen LogP contribution in [0.2, 0.25) is 5.02 Å². The van der Waals surface area contributed by atoms with E-state index in [1.165, 1.54) is 12.3 Å². The molecule has 64 valence electrons. The minimum absolute atomic E-state index is 0. The Balaban J connectivity index is 0. The van der Waals surface area contributed by atoms with Crippen LogP contribution in [-0.4, -0.2) is 18.0 Å². The fraction of sp³-hybridized carbons (Fsp3) is 0. The molecule has 0 bridgehead atoms. The number of aromatic nitrogens is 1. The van der Waals surface area contributed by atoms with Gasteiger partial charge in [0.25, 0.3) is 0 Å². The number of hydrogen-bond acceptors (Lipinski definition) is 3. The Hall–Kier alpha value is -0.623. The van der Waals surface area contributed by atoms with Crippen molar-refractivity contribution >= 4 is 30.4 Å². The van der Waals surface area contributed by atoms with Gasteiger partial charge in [0, 0.05) is 12.0 Å². The fourth-order valence-electron chi connectivity index (χ4n) is 0.620. The molecule has 0 aliphatic rings. The molecule has 0 aromatic carbocycles. The molecule has 0 unspecified atom stereocenters. The summed E-state index contributed by atoms with van der Waals surface area (Å²) in [6.07, 6.45) is 3.01. The van der Waals surface area contributed by atoms with Crippen molar-refractivity contribution in [3.05, 3.63) is 30.3 Å². The molecule has 0 fully saturated rings. The summed E-state index contributed by atoms with van der Waals surface area (Å²) in [6.45, 7) is 4.92. The van der Waals surface area contributed by atoms with Gasteiger partial charge in [-0.15, -0.1) is 0 Å². The van der Waals surface area contributed by atoms with E-state index in [9.17, 15) is 4.79 Å². The largest absolute Gasteiger partial charge is 1.00 e. The standard InChI is InChI=1S/C7H3ClN2O.CH3.Li/c1-9-7-5(4-11)6(8)2-3-10-7;;/h1-3H;1H3;/q-2;-1;+1. The van der Waals surface area contributed by atoms with Crippen molar-refractivity contribution in [2.24, 2.45) is 4.99 Å². The minimum atomic E-state index is 0. The number of pyridine rings is 1. The second-order valence-electron chi connectivity index (χ2n) is 1.72. The van der Waals surface area contributed by atoms with Gasteiger partial charge in [0.1, 0.15) is 0 Å². The van der Waals surface area contributed by atoms with Crippen LogP contribution in [0.25, 0.3) is 0 Å². The molecule has 0 aliphatic carbocycles. The maximum absolute atomic E-state index is 10.2. The zero-order chi connectivity index (χ0) is 8.27. The predicted molar refractivity (Wildman–Crippen MR) is 48.6 cm³/mol. The van der Waals surface area contributed by atoms with E-state index in [2.05, 4.69) is 9.98 Å². The molecule has 1 aromatic heterocycles. The van der Waals surface area contributed by atoms with E-state index in [1.807, 2.05) is 0 Å². The minimum Gasteiger partial charge on any atom is -0.415 e. The molecular weight excluding hydrogens is 182 g/mol. The first kappa shape index (κ1) is 14.9. The molecule has 0 aliphatic heterocycles. The van der Waals surface area contributed by atoms with Gasteiger partial charge in [0.05, 0.1) is 6.29 Å². The molecule has 3 nitrogen and oxygen atoms in total. The van der Waals surface area contributed by atoms with Gasteiger partial charge < -0.3 is 22.2 Å². The number of nitrogens with zero attached hydrogens (tertiary/aromatic N) is 2. The van der Waals surface area contributed by atoms with E-state index in [1.54, 1.807) is 6.29 Å². The number of aliphatic imine (C=N–C) groups is 1. The van der Waals surface area contributed by atoms with E-state index in [0.717, 1.165) is 0 Å². The maximum Gasteiger partial charge on any atom is 1.00 e.